The van der Waals surface area contributed by atoms with Gasteiger partial charge in [0.1, 0.15) is 4.90 Å². The van der Waals surface area contributed by atoms with Crippen LogP contribution < -0.4 is 0 Å². The molecule has 0 unspecified atom stereocenters. The predicted octanol–water partition coefficient (Wildman–Crippen LogP) is 3.50. The molecular formula is C13H17Cl2NO4S. The van der Waals surface area contributed by atoms with Crippen molar-refractivity contribution in [3.8, 4) is 0 Å². The quantitative estimate of drug-likeness (QED) is 0.848. The molecule has 0 aliphatic carbocycles. The van der Waals surface area contributed by atoms with Crippen LogP contribution in [0, 0.1) is 0 Å². The third kappa shape index (κ3) is 3.69. The molecule has 0 heterocycles. The molecular weight excluding hydrogens is 337 g/mol. The second-order valence-corrected chi connectivity index (χ2v) is 7.34. The van der Waals surface area contributed by atoms with Crippen LogP contribution >= 0.6 is 23.2 Å². The zero-order valence-electron chi connectivity index (χ0n) is 11.9. The van der Waals surface area contributed by atoms with Gasteiger partial charge in [0.2, 0.25) is 10.0 Å². The summed E-state index contributed by atoms with van der Waals surface area (Å²) in [5, 5.41) is 8.86. The molecule has 1 rings (SSSR count). The molecule has 0 aliphatic rings. The van der Waals surface area contributed by atoms with E-state index in [1.54, 1.807) is 0 Å². The zero-order chi connectivity index (χ0) is 16.4. The first-order valence-electron chi connectivity index (χ1n) is 6.37. The van der Waals surface area contributed by atoms with Crippen molar-refractivity contribution in [1.29, 1.82) is 0 Å². The highest BCUT2D eigenvalue weighted by atomic mass is 35.5. The van der Waals surface area contributed by atoms with Gasteiger partial charge in [0.25, 0.3) is 0 Å². The Kier molecular flexibility index (Phi) is 6.04. The summed E-state index contributed by atoms with van der Waals surface area (Å²) < 4.78 is 26.4. The molecule has 0 fully saturated rings. The Balaban J connectivity index is 3.44. The Morgan fingerprint density at radius 3 is 2.19 bits per heavy atom. The van der Waals surface area contributed by atoms with Crippen molar-refractivity contribution < 1.29 is 18.3 Å². The van der Waals surface area contributed by atoms with Crippen molar-refractivity contribution in [2.75, 3.05) is 7.05 Å². The van der Waals surface area contributed by atoms with Crippen molar-refractivity contribution >= 4 is 39.2 Å². The number of carboxylic acid groups (broad SMARTS) is 1. The van der Waals surface area contributed by atoms with E-state index in [0.29, 0.717) is 12.8 Å². The summed E-state index contributed by atoms with van der Waals surface area (Å²) in [6.45, 7) is 3.76. The van der Waals surface area contributed by atoms with E-state index in [1.807, 2.05) is 13.8 Å². The van der Waals surface area contributed by atoms with Crippen LogP contribution in [0.1, 0.15) is 37.0 Å². The van der Waals surface area contributed by atoms with Crippen LogP contribution in [0.3, 0.4) is 0 Å². The van der Waals surface area contributed by atoms with Crippen molar-refractivity contribution in [2.24, 2.45) is 0 Å². The number of benzene rings is 1. The lowest BCUT2D eigenvalue weighted by molar-refractivity contribution is 0.0697. The lowest BCUT2D eigenvalue weighted by Gasteiger charge is -2.26. The van der Waals surface area contributed by atoms with Crippen LogP contribution in [-0.2, 0) is 10.0 Å². The maximum Gasteiger partial charge on any atom is 0.337 e. The van der Waals surface area contributed by atoms with Crippen molar-refractivity contribution in [3.63, 3.8) is 0 Å². The average Bonchev–Trinajstić information content (AvgIpc) is 2.39. The molecule has 0 saturated carbocycles. The Hall–Kier alpha value is -0.820. The molecule has 0 saturated heterocycles. The summed E-state index contributed by atoms with van der Waals surface area (Å²) in [7, 11) is -2.43. The van der Waals surface area contributed by atoms with E-state index in [9.17, 15) is 13.2 Å². The largest absolute Gasteiger partial charge is 0.478 e. The summed E-state index contributed by atoms with van der Waals surface area (Å²) in [6.07, 6.45) is 1.28. The molecule has 118 valence electrons. The first-order valence-corrected chi connectivity index (χ1v) is 8.56. The number of carboxylic acids is 1. The highest BCUT2D eigenvalue weighted by molar-refractivity contribution is 7.89. The molecule has 1 aromatic rings. The Morgan fingerprint density at radius 2 is 1.76 bits per heavy atom. The summed E-state index contributed by atoms with van der Waals surface area (Å²) in [6, 6.07) is 1.96. The first-order chi connectivity index (χ1) is 9.66. The van der Waals surface area contributed by atoms with E-state index in [2.05, 4.69) is 0 Å². The van der Waals surface area contributed by atoms with E-state index in [0.717, 1.165) is 12.1 Å². The number of carbonyl (C=O) groups is 1. The standard InChI is InChI=1S/C13H17Cl2NO4S/c1-4-8(5-2)16(3)21(19,20)12-6-9(13(17)18)10(14)7-11(12)15/h6-8H,4-5H2,1-3H3,(H,17,18). The summed E-state index contributed by atoms with van der Waals surface area (Å²) in [4.78, 5) is 10.8. The van der Waals surface area contributed by atoms with Crippen molar-refractivity contribution in [3.05, 3.63) is 27.7 Å². The van der Waals surface area contributed by atoms with Gasteiger partial charge in [-0.15, -0.1) is 0 Å². The van der Waals surface area contributed by atoms with E-state index in [-0.39, 0.29) is 26.5 Å². The molecule has 5 nitrogen and oxygen atoms in total. The Labute approximate surface area is 134 Å². The zero-order valence-corrected chi connectivity index (χ0v) is 14.3. The molecule has 0 amide bonds. The van der Waals surface area contributed by atoms with Crippen LogP contribution in [0.2, 0.25) is 10.0 Å². The fraction of sp³-hybridized carbons (Fsp3) is 0.462. The Bertz CT molecular complexity index is 642. The lowest BCUT2D eigenvalue weighted by Crippen LogP contribution is -2.36. The van der Waals surface area contributed by atoms with E-state index >= 15 is 0 Å². The normalized spacial score (nSPS) is 12.1. The number of sulfonamides is 1. The maximum absolute atomic E-state index is 12.6. The number of hydrogen-bond donors (Lipinski definition) is 1. The van der Waals surface area contributed by atoms with E-state index < -0.39 is 16.0 Å². The fourth-order valence-corrected chi connectivity index (χ4v) is 4.37. The minimum atomic E-state index is -3.89. The Morgan fingerprint density at radius 1 is 1.24 bits per heavy atom. The van der Waals surface area contributed by atoms with Gasteiger partial charge in [-0.05, 0) is 25.0 Å². The fourth-order valence-electron chi connectivity index (χ4n) is 2.04. The molecule has 0 aromatic heterocycles. The number of nitrogens with zero attached hydrogens (tertiary/aromatic N) is 1. The highest BCUT2D eigenvalue weighted by Crippen LogP contribution is 2.31. The SMILES string of the molecule is CCC(CC)N(C)S(=O)(=O)c1cc(C(=O)O)c(Cl)cc1Cl. The number of aromatic carboxylic acids is 1. The summed E-state index contributed by atoms with van der Waals surface area (Å²) >= 11 is 11.7. The average molecular weight is 354 g/mol. The summed E-state index contributed by atoms with van der Waals surface area (Å²) in [5.74, 6) is -1.31. The molecule has 0 spiro atoms. The third-order valence-corrected chi connectivity index (χ3v) is 6.05. The predicted molar refractivity (Wildman–Crippen MR) is 82.7 cm³/mol. The van der Waals surface area contributed by atoms with Gasteiger partial charge < -0.3 is 5.11 Å². The first kappa shape index (κ1) is 18.2. The smallest absolute Gasteiger partial charge is 0.337 e. The van der Waals surface area contributed by atoms with Gasteiger partial charge >= 0.3 is 5.97 Å². The van der Waals surface area contributed by atoms with Crippen LogP contribution in [0.25, 0.3) is 0 Å². The minimum Gasteiger partial charge on any atom is -0.478 e. The molecule has 21 heavy (non-hydrogen) atoms. The molecule has 0 aliphatic heterocycles. The second-order valence-electron chi connectivity index (χ2n) is 4.56. The number of hydrogen-bond acceptors (Lipinski definition) is 3. The monoisotopic (exact) mass is 353 g/mol. The summed E-state index contributed by atoms with van der Waals surface area (Å²) in [5.41, 5.74) is -0.294. The van der Waals surface area contributed by atoms with Crippen molar-refractivity contribution in [1.82, 2.24) is 4.31 Å². The minimum absolute atomic E-state index is 0.0946. The molecule has 1 aromatic carbocycles. The van der Waals surface area contributed by atoms with Crippen LogP contribution in [0.15, 0.2) is 17.0 Å². The van der Waals surface area contributed by atoms with Gasteiger partial charge in [-0.25, -0.2) is 13.2 Å². The second kappa shape index (κ2) is 6.96. The van der Waals surface area contributed by atoms with Gasteiger partial charge in [0.05, 0.1) is 15.6 Å². The number of halogens is 2. The number of rotatable bonds is 6. The van der Waals surface area contributed by atoms with Gasteiger partial charge in [0.15, 0.2) is 0 Å². The topological polar surface area (TPSA) is 74.7 Å². The lowest BCUT2D eigenvalue weighted by atomic mass is 10.2. The molecule has 1 N–H and O–H groups in total. The maximum atomic E-state index is 12.6. The van der Waals surface area contributed by atoms with E-state index in [1.165, 1.54) is 11.4 Å². The van der Waals surface area contributed by atoms with Crippen LogP contribution in [0.5, 0.6) is 0 Å². The van der Waals surface area contributed by atoms with Gasteiger partial charge in [-0.1, -0.05) is 37.0 Å². The van der Waals surface area contributed by atoms with E-state index in [4.69, 9.17) is 28.3 Å². The van der Waals surface area contributed by atoms with Gasteiger partial charge in [-0.2, -0.15) is 4.31 Å². The van der Waals surface area contributed by atoms with Crippen LogP contribution in [0.4, 0.5) is 0 Å². The molecule has 8 heteroatoms. The van der Waals surface area contributed by atoms with Gasteiger partial charge in [0, 0.05) is 13.1 Å². The highest BCUT2D eigenvalue weighted by Gasteiger charge is 2.29. The molecule has 0 radical (unpaired) electrons. The van der Waals surface area contributed by atoms with Crippen molar-refractivity contribution in [2.45, 2.75) is 37.6 Å². The molecule has 0 atom stereocenters. The third-order valence-electron chi connectivity index (χ3n) is 3.37. The van der Waals surface area contributed by atoms with Crippen LogP contribution in [-0.4, -0.2) is 36.9 Å². The van der Waals surface area contributed by atoms with Gasteiger partial charge in [-0.3, -0.25) is 0 Å². The molecule has 0 bridgehead atoms.